The number of hydrogen-bond acceptors (Lipinski definition) is 5. The summed E-state index contributed by atoms with van der Waals surface area (Å²) in [5, 5.41) is 9.17. The summed E-state index contributed by atoms with van der Waals surface area (Å²) in [5.41, 5.74) is 4.53. The van der Waals surface area contributed by atoms with Gasteiger partial charge in [0.2, 0.25) is 0 Å². The number of aryl methyl sites for hydroxylation is 2. The molecule has 0 aliphatic heterocycles. The predicted molar refractivity (Wildman–Crippen MR) is 121 cm³/mol. The van der Waals surface area contributed by atoms with Crippen molar-refractivity contribution in [2.24, 2.45) is 14.1 Å². The van der Waals surface area contributed by atoms with Crippen molar-refractivity contribution in [3.05, 3.63) is 77.9 Å². The Morgan fingerprint density at radius 3 is 2.67 bits per heavy atom. The van der Waals surface area contributed by atoms with E-state index in [1.807, 2.05) is 19.3 Å². The average molecular weight is 444 g/mol. The number of aromatic amines is 1. The Hall–Kier alpha value is -4.27. The molecule has 166 valence electrons. The Morgan fingerprint density at radius 1 is 1.15 bits per heavy atom. The highest BCUT2D eigenvalue weighted by Crippen LogP contribution is 2.34. The first-order chi connectivity index (χ1) is 15.9. The van der Waals surface area contributed by atoms with Gasteiger partial charge in [0.1, 0.15) is 5.82 Å². The topological polar surface area (TPSA) is 90.6 Å². The lowest BCUT2D eigenvalue weighted by Crippen LogP contribution is -2.05. The number of rotatable bonds is 5. The highest BCUT2D eigenvalue weighted by atomic mass is 19.1. The molecule has 1 aromatic carbocycles. The molecule has 8 nitrogen and oxygen atoms in total. The van der Waals surface area contributed by atoms with E-state index in [2.05, 4.69) is 20.2 Å². The van der Waals surface area contributed by atoms with Crippen LogP contribution in [0.3, 0.4) is 0 Å². The van der Waals surface area contributed by atoms with E-state index in [4.69, 9.17) is 4.74 Å². The minimum absolute atomic E-state index is 0.309. The smallest absolute Gasteiger partial charge is 0.340 e. The molecule has 5 aromatic rings. The van der Waals surface area contributed by atoms with Gasteiger partial charge in [0.05, 0.1) is 35.8 Å². The van der Waals surface area contributed by atoms with Crippen LogP contribution in [0.5, 0.6) is 0 Å². The Morgan fingerprint density at radius 2 is 1.97 bits per heavy atom. The second kappa shape index (κ2) is 8.01. The quantitative estimate of drug-likeness (QED) is 0.416. The van der Waals surface area contributed by atoms with Crippen molar-refractivity contribution in [3.63, 3.8) is 0 Å². The van der Waals surface area contributed by atoms with Crippen LogP contribution in [-0.4, -0.2) is 42.6 Å². The zero-order valence-corrected chi connectivity index (χ0v) is 18.3. The number of pyridine rings is 1. The van der Waals surface area contributed by atoms with Crippen LogP contribution in [-0.2, 0) is 25.3 Å². The van der Waals surface area contributed by atoms with Gasteiger partial charge < -0.3 is 9.72 Å². The number of benzene rings is 1. The molecular formula is C24H21FN6O2. The SMILES string of the molecule is COC(=O)c1cnc(Cc2ccn(C)n2)c2[nH]c(-c3cccc(-c4cnn(C)c4)c3F)cc12. The molecule has 33 heavy (non-hydrogen) atoms. The monoisotopic (exact) mass is 444 g/mol. The number of esters is 1. The number of fused-ring (bicyclic) bond motifs is 1. The molecule has 1 N–H and O–H groups in total. The summed E-state index contributed by atoms with van der Waals surface area (Å²) in [5.74, 6) is -0.886. The molecule has 0 saturated carbocycles. The predicted octanol–water partition coefficient (Wildman–Crippen LogP) is 3.88. The maximum atomic E-state index is 15.6. The van der Waals surface area contributed by atoms with E-state index in [0.717, 1.165) is 5.69 Å². The van der Waals surface area contributed by atoms with E-state index in [1.165, 1.54) is 13.3 Å². The number of nitrogens with zero attached hydrogens (tertiary/aromatic N) is 5. The van der Waals surface area contributed by atoms with Crippen molar-refractivity contribution >= 4 is 16.9 Å². The van der Waals surface area contributed by atoms with Crippen LogP contribution in [0.1, 0.15) is 21.7 Å². The van der Waals surface area contributed by atoms with Crippen molar-refractivity contribution < 1.29 is 13.9 Å². The van der Waals surface area contributed by atoms with Gasteiger partial charge in [-0.05, 0) is 18.2 Å². The summed E-state index contributed by atoms with van der Waals surface area (Å²) in [6.07, 6.45) is 7.19. The van der Waals surface area contributed by atoms with Crippen LogP contribution < -0.4 is 0 Å². The minimum atomic E-state index is -0.507. The molecule has 0 bridgehead atoms. The Labute approximate surface area is 188 Å². The summed E-state index contributed by atoms with van der Waals surface area (Å²) in [4.78, 5) is 20.2. The maximum absolute atomic E-state index is 15.6. The third-order valence-electron chi connectivity index (χ3n) is 5.57. The van der Waals surface area contributed by atoms with Crippen LogP contribution in [0, 0.1) is 5.82 Å². The molecule has 0 spiro atoms. The number of ether oxygens (including phenoxy) is 1. The van der Waals surface area contributed by atoms with E-state index >= 15 is 4.39 Å². The molecule has 0 aliphatic rings. The maximum Gasteiger partial charge on any atom is 0.340 e. The highest BCUT2D eigenvalue weighted by molar-refractivity contribution is 6.05. The van der Waals surface area contributed by atoms with Crippen LogP contribution in [0.2, 0.25) is 0 Å². The number of hydrogen-bond donors (Lipinski definition) is 1. The zero-order valence-electron chi connectivity index (χ0n) is 18.3. The van der Waals surface area contributed by atoms with Crippen molar-refractivity contribution in [3.8, 4) is 22.4 Å². The first-order valence-corrected chi connectivity index (χ1v) is 10.3. The van der Waals surface area contributed by atoms with Gasteiger partial charge in [0, 0.05) is 66.9 Å². The van der Waals surface area contributed by atoms with Crippen LogP contribution in [0.15, 0.2) is 55.1 Å². The number of halogens is 1. The zero-order chi connectivity index (χ0) is 23.1. The third kappa shape index (κ3) is 3.67. The van der Waals surface area contributed by atoms with Gasteiger partial charge in [-0.25, -0.2) is 9.18 Å². The molecule has 0 aliphatic carbocycles. The molecule has 0 fully saturated rings. The average Bonchev–Trinajstić information content (AvgIpc) is 3.54. The van der Waals surface area contributed by atoms with Crippen molar-refractivity contribution in [2.75, 3.05) is 7.11 Å². The lowest BCUT2D eigenvalue weighted by Gasteiger charge is -2.06. The second-order valence-corrected chi connectivity index (χ2v) is 7.81. The number of nitrogens with one attached hydrogen (secondary N) is 1. The van der Waals surface area contributed by atoms with Gasteiger partial charge in [0.25, 0.3) is 0 Å². The molecule has 5 rings (SSSR count). The van der Waals surface area contributed by atoms with Crippen molar-refractivity contribution in [1.82, 2.24) is 29.5 Å². The fraction of sp³-hybridized carbons (Fsp3) is 0.167. The fourth-order valence-corrected chi connectivity index (χ4v) is 3.98. The fourth-order valence-electron chi connectivity index (χ4n) is 3.98. The van der Waals surface area contributed by atoms with Gasteiger partial charge in [0.15, 0.2) is 0 Å². The molecule has 0 radical (unpaired) electrons. The molecule has 0 saturated heterocycles. The molecule has 9 heteroatoms. The lowest BCUT2D eigenvalue weighted by molar-refractivity contribution is 0.0602. The van der Waals surface area contributed by atoms with Crippen LogP contribution in [0.25, 0.3) is 33.3 Å². The van der Waals surface area contributed by atoms with Crippen LogP contribution in [0.4, 0.5) is 4.39 Å². The normalized spacial score (nSPS) is 11.3. The van der Waals surface area contributed by atoms with Gasteiger partial charge in [-0.3, -0.25) is 14.3 Å². The summed E-state index contributed by atoms with van der Waals surface area (Å²) >= 11 is 0. The molecule has 4 heterocycles. The summed E-state index contributed by atoms with van der Waals surface area (Å²) in [6, 6.07) is 8.87. The Balaban J connectivity index is 1.67. The highest BCUT2D eigenvalue weighted by Gasteiger charge is 2.20. The number of carbonyl (C=O) groups excluding carboxylic acids is 1. The summed E-state index contributed by atoms with van der Waals surface area (Å²) in [6.45, 7) is 0. The number of aromatic nitrogens is 6. The number of carbonyl (C=O) groups is 1. The summed E-state index contributed by atoms with van der Waals surface area (Å²) < 4.78 is 23.9. The molecule has 0 unspecified atom stereocenters. The van der Waals surface area contributed by atoms with Crippen LogP contribution >= 0.6 is 0 Å². The van der Waals surface area contributed by atoms with E-state index in [0.29, 0.717) is 51.0 Å². The van der Waals surface area contributed by atoms with E-state index in [-0.39, 0.29) is 5.82 Å². The van der Waals surface area contributed by atoms with Crippen molar-refractivity contribution in [1.29, 1.82) is 0 Å². The standard InChI is InChI=1S/C24H21FN6O2/c1-30-8-7-15(29-30)9-21-23-18(19(12-26-21)24(32)33-3)10-20(28-23)17-6-4-5-16(22(17)25)14-11-27-31(2)13-14/h4-8,10-13,28H,9H2,1-3H3. The van der Waals surface area contributed by atoms with E-state index in [9.17, 15) is 4.79 Å². The second-order valence-electron chi connectivity index (χ2n) is 7.81. The van der Waals surface area contributed by atoms with Gasteiger partial charge in [-0.1, -0.05) is 12.1 Å². The largest absolute Gasteiger partial charge is 0.465 e. The molecule has 4 aromatic heterocycles. The lowest BCUT2D eigenvalue weighted by atomic mass is 10.0. The molecule has 0 atom stereocenters. The van der Waals surface area contributed by atoms with E-state index in [1.54, 1.807) is 53.1 Å². The minimum Gasteiger partial charge on any atom is -0.465 e. The van der Waals surface area contributed by atoms with Crippen molar-refractivity contribution in [2.45, 2.75) is 6.42 Å². The first-order valence-electron chi connectivity index (χ1n) is 10.3. The van der Waals surface area contributed by atoms with Gasteiger partial charge in [-0.2, -0.15) is 10.2 Å². The Bertz CT molecular complexity index is 1500. The number of H-pyrrole nitrogens is 1. The third-order valence-corrected chi connectivity index (χ3v) is 5.57. The number of methoxy groups -OCH3 is 1. The summed E-state index contributed by atoms with van der Waals surface area (Å²) in [7, 11) is 4.95. The Kier molecular flexibility index (Phi) is 5.01. The first kappa shape index (κ1) is 20.6. The molecular weight excluding hydrogens is 423 g/mol. The van der Waals surface area contributed by atoms with E-state index < -0.39 is 5.97 Å². The van der Waals surface area contributed by atoms with Gasteiger partial charge >= 0.3 is 5.97 Å². The molecule has 0 amide bonds. The van der Waals surface area contributed by atoms with Gasteiger partial charge in [-0.15, -0.1) is 0 Å².